The van der Waals surface area contributed by atoms with E-state index in [1.165, 1.54) is 5.69 Å². The molecule has 0 atom stereocenters. The van der Waals surface area contributed by atoms with Crippen LogP contribution < -0.4 is 15.5 Å². The second kappa shape index (κ2) is 10.7. The number of hydrogen-bond donors (Lipinski definition) is 2. The van der Waals surface area contributed by atoms with Gasteiger partial charge in [0.2, 0.25) is 0 Å². The molecule has 2 N–H and O–H groups in total. The lowest BCUT2D eigenvalue weighted by molar-refractivity contribution is 0.122. The van der Waals surface area contributed by atoms with Gasteiger partial charge in [0.1, 0.15) is 17.3 Å². The minimum atomic E-state index is 0.419. The van der Waals surface area contributed by atoms with Crippen molar-refractivity contribution in [2.45, 2.75) is 18.9 Å². The quantitative estimate of drug-likeness (QED) is 0.530. The molecule has 0 unspecified atom stereocenters. The Bertz CT molecular complexity index is 1160. The molecule has 2 aliphatic rings. The predicted molar refractivity (Wildman–Crippen MR) is 140 cm³/mol. The highest BCUT2D eigenvalue weighted by Gasteiger charge is 2.19. The fourth-order valence-electron chi connectivity index (χ4n) is 4.52. The number of ether oxygens (including phenoxy) is 1. The van der Waals surface area contributed by atoms with Crippen molar-refractivity contribution in [3.05, 3.63) is 54.6 Å². The van der Waals surface area contributed by atoms with Gasteiger partial charge in [-0.15, -0.1) is 6.42 Å². The van der Waals surface area contributed by atoms with Crippen molar-refractivity contribution in [1.82, 2.24) is 19.9 Å². The van der Waals surface area contributed by atoms with E-state index in [0.717, 1.165) is 69.0 Å². The van der Waals surface area contributed by atoms with Crippen molar-refractivity contribution >= 4 is 23.0 Å². The Morgan fingerprint density at radius 1 is 0.943 bits per heavy atom. The summed E-state index contributed by atoms with van der Waals surface area (Å²) in [6.45, 7) is 5.59. The Labute approximate surface area is 206 Å². The van der Waals surface area contributed by atoms with E-state index in [1.807, 2.05) is 6.20 Å². The third-order valence-corrected chi connectivity index (χ3v) is 6.59. The topological polar surface area (TPSA) is 78.4 Å². The lowest BCUT2D eigenvalue weighted by atomic mass is 10.0. The molecule has 180 valence electrons. The molecule has 0 radical (unpaired) electrons. The minimum absolute atomic E-state index is 0.419. The predicted octanol–water partition coefficient (Wildman–Crippen LogP) is 3.61. The van der Waals surface area contributed by atoms with E-state index in [1.54, 1.807) is 12.4 Å². The lowest BCUT2D eigenvalue weighted by Crippen LogP contribution is -2.36. The largest absolute Gasteiger partial charge is 0.382 e. The van der Waals surface area contributed by atoms with Gasteiger partial charge in [-0.2, -0.15) is 0 Å². The smallest absolute Gasteiger partial charge is 0.150 e. The lowest BCUT2D eigenvalue weighted by Gasteiger charge is -2.31. The number of benzene rings is 1. The summed E-state index contributed by atoms with van der Waals surface area (Å²) < 4.78 is 5.49. The van der Waals surface area contributed by atoms with Crippen LogP contribution in [0.3, 0.4) is 0 Å². The van der Waals surface area contributed by atoms with Crippen molar-refractivity contribution in [2.24, 2.45) is 0 Å². The summed E-state index contributed by atoms with van der Waals surface area (Å²) >= 11 is 0. The van der Waals surface area contributed by atoms with Crippen molar-refractivity contribution in [2.75, 3.05) is 62.0 Å². The van der Waals surface area contributed by atoms with Gasteiger partial charge in [0.25, 0.3) is 0 Å². The third kappa shape index (κ3) is 5.70. The summed E-state index contributed by atoms with van der Waals surface area (Å²) in [5, 5.41) is 7.05. The molecule has 5 rings (SSSR count). The maximum atomic E-state index is 5.49. The van der Waals surface area contributed by atoms with E-state index < -0.39 is 0 Å². The summed E-state index contributed by atoms with van der Waals surface area (Å²) in [6, 6.07) is 11.2. The zero-order valence-electron chi connectivity index (χ0n) is 20.1. The van der Waals surface area contributed by atoms with Crippen molar-refractivity contribution in [3.63, 3.8) is 0 Å². The van der Waals surface area contributed by atoms with Gasteiger partial charge >= 0.3 is 0 Å². The molecule has 0 aliphatic carbocycles. The Morgan fingerprint density at radius 3 is 2.37 bits per heavy atom. The van der Waals surface area contributed by atoms with Crippen LogP contribution in [0.15, 0.2) is 48.9 Å². The highest BCUT2D eigenvalue weighted by molar-refractivity contribution is 5.80. The molecule has 2 aromatic heterocycles. The maximum absolute atomic E-state index is 5.49. The number of morpholine rings is 1. The van der Waals surface area contributed by atoms with E-state index in [-0.39, 0.29) is 0 Å². The second-order valence-corrected chi connectivity index (χ2v) is 9.04. The average molecular weight is 470 g/mol. The normalized spacial score (nSPS) is 17.1. The van der Waals surface area contributed by atoms with Gasteiger partial charge in [-0.1, -0.05) is 12.1 Å². The number of aromatic nitrogens is 3. The van der Waals surface area contributed by atoms with E-state index >= 15 is 0 Å². The monoisotopic (exact) mass is 469 g/mol. The Kier molecular flexibility index (Phi) is 7.07. The second-order valence-electron chi connectivity index (χ2n) is 9.04. The van der Waals surface area contributed by atoms with Crippen LogP contribution in [0.1, 0.15) is 18.5 Å². The van der Waals surface area contributed by atoms with E-state index in [4.69, 9.17) is 11.2 Å². The standard InChI is InChI=1S/C27H31N7O/c1-3-21-17-29-27(19-28-21)32-26-16-25(31-22-8-10-33(2)11-9-22)24(18-30-26)20-4-6-23(7-5-20)34-12-14-35-15-13-34/h1,4-7,16-19,22H,8-15H2,2H3,(H2,29,30,31,32). The number of piperidine rings is 1. The average Bonchev–Trinajstić information content (AvgIpc) is 2.91. The Hall–Kier alpha value is -3.67. The molecule has 2 fully saturated rings. The van der Waals surface area contributed by atoms with Gasteiger partial charge in [0.05, 0.1) is 25.6 Å². The number of terminal acetylenes is 1. The highest BCUT2D eigenvalue weighted by Crippen LogP contribution is 2.33. The zero-order valence-corrected chi connectivity index (χ0v) is 20.1. The molecule has 0 saturated carbocycles. The molecular weight excluding hydrogens is 438 g/mol. The minimum Gasteiger partial charge on any atom is -0.382 e. The molecule has 0 spiro atoms. The van der Waals surface area contributed by atoms with Gasteiger partial charge in [-0.3, -0.25) is 0 Å². The van der Waals surface area contributed by atoms with Gasteiger partial charge in [0.15, 0.2) is 0 Å². The van der Waals surface area contributed by atoms with E-state index in [2.05, 4.69) is 78.7 Å². The number of hydrogen-bond acceptors (Lipinski definition) is 8. The molecule has 3 aromatic rings. The van der Waals surface area contributed by atoms with Crippen molar-refractivity contribution < 1.29 is 4.74 Å². The molecule has 4 heterocycles. The molecule has 1 aromatic carbocycles. The molecule has 2 aliphatic heterocycles. The summed E-state index contributed by atoms with van der Waals surface area (Å²) in [5.74, 6) is 3.79. The molecule has 0 bridgehead atoms. The summed E-state index contributed by atoms with van der Waals surface area (Å²) in [4.78, 5) is 18.0. The number of likely N-dealkylation sites (tertiary alicyclic amines) is 1. The SMILES string of the molecule is C#Cc1cnc(Nc2cc(NC3CCN(C)CC3)c(-c3ccc(N4CCOCC4)cc3)cn2)cn1. The Balaban J connectivity index is 1.40. The first-order chi connectivity index (χ1) is 17.2. The zero-order chi connectivity index (χ0) is 24.0. The molecule has 35 heavy (non-hydrogen) atoms. The fraction of sp³-hybridized carbons (Fsp3) is 0.370. The number of nitrogens with one attached hydrogen (secondary N) is 2. The van der Waals surface area contributed by atoms with E-state index in [9.17, 15) is 0 Å². The van der Waals surface area contributed by atoms with Crippen molar-refractivity contribution in [1.29, 1.82) is 0 Å². The molecule has 2 saturated heterocycles. The van der Waals surface area contributed by atoms with E-state index in [0.29, 0.717) is 23.4 Å². The summed E-state index contributed by atoms with van der Waals surface area (Å²) in [6.07, 6.45) is 12.7. The number of nitrogens with zero attached hydrogens (tertiary/aromatic N) is 5. The highest BCUT2D eigenvalue weighted by atomic mass is 16.5. The van der Waals surface area contributed by atoms with Crippen LogP contribution in [0.4, 0.5) is 23.0 Å². The Morgan fingerprint density at radius 2 is 1.69 bits per heavy atom. The number of rotatable bonds is 6. The van der Waals surface area contributed by atoms with Crippen LogP contribution in [-0.4, -0.2) is 72.3 Å². The van der Waals surface area contributed by atoms with Crippen LogP contribution in [0.25, 0.3) is 11.1 Å². The third-order valence-electron chi connectivity index (χ3n) is 6.59. The van der Waals surface area contributed by atoms with Crippen molar-refractivity contribution in [3.8, 4) is 23.5 Å². The number of anilines is 4. The maximum Gasteiger partial charge on any atom is 0.150 e. The first kappa shape index (κ1) is 23.1. The van der Waals surface area contributed by atoms with Gasteiger partial charge in [0, 0.05) is 48.3 Å². The van der Waals surface area contributed by atoms with Crippen LogP contribution in [-0.2, 0) is 4.74 Å². The van der Waals surface area contributed by atoms with Crippen LogP contribution >= 0.6 is 0 Å². The molecular formula is C27H31N7O. The molecule has 8 heteroatoms. The molecule has 0 amide bonds. The number of pyridine rings is 1. The summed E-state index contributed by atoms with van der Waals surface area (Å²) in [7, 11) is 2.18. The summed E-state index contributed by atoms with van der Waals surface area (Å²) in [5.41, 5.74) is 5.00. The van der Waals surface area contributed by atoms with Gasteiger partial charge in [-0.05, 0) is 56.6 Å². The van der Waals surface area contributed by atoms with Crippen LogP contribution in [0, 0.1) is 12.3 Å². The van der Waals surface area contributed by atoms with Gasteiger partial charge in [-0.25, -0.2) is 15.0 Å². The fourth-order valence-corrected chi connectivity index (χ4v) is 4.52. The first-order valence-electron chi connectivity index (χ1n) is 12.1. The first-order valence-corrected chi connectivity index (χ1v) is 12.1. The van der Waals surface area contributed by atoms with Crippen LogP contribution in [0.5, 0.6) is 0 Å². The molecule has 8 nitrogen and oxygen atoms in total. The van der Waals surface area contributed by atoms with Gasteiger partial charge < -0.3 is 25.2 Å². The van der Waals surface area contributed by atoms with Crippen LogP contribution in [0.2, 0.25) is 0 Å².